The molecule has 0 unspecified atom stereocenters. The van der Waals surface area contributed by atoms with Gasteiger partial charge in [-0.1, -0.05) is 0 Å². The van der Waals surface area contributed by atoms with Crippen molar-refractivity contribution in [2.45, 2.75) is 13.3 Å². The van der Waals surface area contributed by atoms with E-state index < -0.39 is 0 Å². The Morgan fingerprint density at radius 1 is 1.33 bits per heavy atom. The molecule has 0 bridgehead atoms. The zero-order valence-corrected chi connectivity index (χ0v) is 12.1. The smallest absolute Gasteiger partial charge is 0.307 e. The molecule has 1 aromatic heterocycles. The fraction of sp³-hybridized carbons (Fsp3) is 0.571. The quantitative estimate of drug-likeness (QED) is 0.505. The van der Waals surface area contributed by atoms with Crippen LogP contribution >= 0.6 is 0 Å². The van der Waals surface area contributed by atoms with Gasteiger partial charge in [-0.25, -0.2) is 0 Å². The number of furan rings is 1. The van der Waals surface area contributed by atoms with Crippen LogP contribution < -0.4 is 0 Å². The molecule has 0 fully saturated rings. The fourth-order valence-corrected chi connectivity index (χ4v) is 1.67. The molecule has 7 nitrogen and oxygen atoms in total. The van der Waals surface area contributed by atoms with Crippen LogP contribution in [0.5, 0.6) is 0 Å². The zero-order chi connectivity index (χ0) is 15.5. The van der Waals surface area contributed by atoms with Crippen molar-refractivity contribution in [3.8, 4) is 0 Å². The Hall–Kier alpha value is -1.86. The van der Waals surface area contributed by atoms with Crippen LogP contribution in [0, 0.1) is 0 Å². The highest BCUT2D eigenvalue weighted by atomic mass is 16.5. The summed E-state index contributed by atoms with van der Waals surface area (Å²) < 4.78 is 15.1. The predicted octanol–water partition coefficient (Wildman–Crippen LogP) is 0.684. The second kappa shape index (κ2) is 9.95. The molecular weight excluding hydrogens is 278 g/mol. The molecule has 1 heterocycles. The Labute approximate surface area is 123 Å². The minimum atomic E-state index is -0.356. The van der Waals surface area contributed by atoms with Gasteiger partial charge in [-0.05, 0) is 19.1 Å². The number of amides is 1. The first-order valence-electron chi connectivity index (χ1n) is 6.86. The number of ether oxygens (including phenoxy) is 2. The van der Waals surface area contributed by atoms with Crippen molar-refractivity contribution in [2.24, 2.45) is 0 Å². The molecule has 0 aliphatic heterocycles. The van der Waals surface area contributed by atoms with Gasteiger partial charge in [0.25, 0.3) is 5.91 Å². The molecule has 0 aliphatic rings. The van der Waals surface area contributed by atoms with Crippen molar-refractivity contribution < 1.29 is 28.6 Å². The molecule has 0 atom stereocenters. The van der Waals surface area contributed by atoms with E-state index >= 15 is 0 Å². The second-order valence-electron chi connectivity index (χ2n) is 4.16. The standard InChI is InChI=1S/C14H21NO6/c1-2-20-13(17)5-6-15(7-10-19-11-8-16)14(18)12-4-3-9-21-12/h3-4,9,16H,2,5-8,10-11H2,1H3. The Bertz CT molecular complexity index is 417. The summed E-state index contributed by atoms with van der Waals surface area (Å²) in [7, 11) is 0. The Kier molecular flexibility index (Phi) is 8.15. The van der Waals surface area contributed by atoms with Gasteiger partial charge in [0, 0.05) is 13.1 Å². The summed E-state index contributed by atoms with van der Waals surface area (Å²) >= 11 is 0. The second-order valence-corrected chi connectivity index (χ2v) is 4.16. The Morgan fingerprint density at radius 3 is 2.76 bits per heavy atom. The summed E-state index contributed by atoms with van der Waals surface area (Å²) in [6, 6.07) is 3.19. The number of nitrogens with zero attached hydrogens (tertiary/aromatic N) is 1. The number of rotatable bonds is 10. The summed E-state index contributed by atoms with van der Waals surface area (Å²) in [6.07, 6.45) is 1.53. The van der Waals surface area contributed by atoms with Gasteiger partial charge in [0.05, 0.1) is 39.1 Å². The van der Waals surface area contributed by atoms with E-state index in [4.69, 9.17) is 19.0 Å². The molecule has 0 aromatic carbocycles. The molecule has 1 amide bonds. The van der Waals surface area contributed by atoms with E-state index in [9.17, 15) is 9.59 Å². The SMILES string of the molecule is CCOC(=O)CCN(CCOCCO)C(=O)c1ccco1. The van der Waals surface area contributed by atoms with Crippen molar-refractivity contribution in [1.29, 1.82) is 0 Å². The normalized spacial score (nSPS) is 10.4. The Balaban J connectivity index is 2.52. The third-order valence-corrected chi connectivity index (χ3v) is 2.65. The summed E-state index contributed by atoms with van der Waals surface area (Å²) in [5.41, 5.74) is 0. The lowest BCUT2D eigenvalue weighted by Gasteiger charge is -2.21. The first kappa shape index (κ1) is 17.2. The molecular formula is C14H21NO6. The molecule has 7 heteroatoms. The third kappa shape index (κ3) is 6.42. The maximum atomic E-state index is 12.2. The van der Waals surface area contributed by atoms with E-state index in [0.717, 1.165) is 0 Å². The zero-order valence-electron chi connectivity index (χ0n) is 12.1. The monoisotopic (exact) mass is 299 g/mol. The van der Waals surface area contributed by atoms with Gasteiger partial charge in [0.1, 0.15) is 0 Å². The number of esters is 1. The Morgan fingerprint density at radius 2 is 2.14 bits per heavy atom. The molecule has 0 saturated heterocycles. The number of hydrogen-bond donors (Lipinski definition) is 1. The van der Waals surface area contributed by atoms with Gasteiger partial charge >= 0.3 is 5.97 Å². The van der Waals surface area contributed by atoms with Crippen LogP contribution in [0.1, 0.15) is 23.9 Å². The van der Waals surface area contributed by atoms with Crippen LogP contribution in [0.3, 0.4) is 0 Å². The van der Waals surface area contributed by atoms with E-state index in [1.807, 2.05) is 0 Å². The highest BCUT2D eigenvalue weighted by Crippen LogP contribution is 2.07. The van der Waals surface area contributed by atoms with Crippen LogP contribution in [-0.2, 0) is 14.3 Å². The van der Waals surface area contributed by atoms with Crippen molar-refractivity contribution in [3.63, 3.8) is 0 Å². The van der Waals surface area contributed by atoms with Crippen molar-refractivity contribution in [3.05, 3.63) is 24.2 Å². The van der Waals surface area contributed by atoms with Gasteiger partial charge in [0.15, 0.2) is 5.76 Å². The highest BCUT2D eigenvalue weighted by Gasteiger charge is 2.19. The van der Waals surface area contributed by atoms with Gasteiger partial charge < -0.3 is 23.9 Å². The molecule has 1 N–H and O–H groups in total. The molecule has 118 valence electrons. The summed E-state index contributed by atoms with van der Waals surface area (Å²) in [5, 5.41) is 8.64. The molecule has 0 saturated carbocycles. The minimum Gasteiger partial charge on any atom is -0.466 e. The molecule has 0 aliphatic carbocycles. The first-order chi connectivity index (χ1) is 10.2. The van der Waals surface area contributed by atoms with E-state index in [2.05, 4.69) is 0 Å². The number of aliphatic hydroxyl groups is 1. The summed E-state index contributed by atoms with van der Waals surface area (Å²) in [4.78, 5) is 25.1. The number of hydrogen-bond acceptors (Lipinski definition) is 6. The largest absolute Gasteiger partial charge is 0.466 e. The van der Waals surface area contributed by atoms with Crippen LogP contribution in [0.15, 0.2) is 22.8 Å². The van der Waals surface area contributed by atoms with Gasteiger partial charge in [-0.3, -0.25) is 9.59 Å². The van der Waals surface area contributed by atoms with Crippen molar-refractivity contribution in [1.82, 2.24) is 4.90 Å². The molecule has 0 radical (unpaired) electrons. The fourth-order valence-electron chi connectivity index (χ4n) is 1.67. The highest BCUT2D eigenvalue weighted by molar-refractivity contribution is 5.91. The molecule has 1 rings (SSSR count). The van der Waals surface area contributed by atoms with E-state index in [0.29, 0.717) is 13.2 Å². The van der Waals surface area contributed by atoms with Crippen LogP contribution in [-0.4, -0.2) is 61.4 Å². The predicted molar refractivity (Wildman–Crippen MR) is 73.8 cm³/mol. The lowest BCUT2D eigenvalue weighted by atomic mass is 10.3. The van der Waals surface area contributed by atoms with E-state index in [-0.39, 0.29) is 50.4 Å². The maximum absolute atomic E-state index is 12.2. The average molecular weight is 299 g/mol. The maximum Gasteiger partial charge on any atom is 0.307 e. The lowest BCUT2D eigenvalue weighted by molar-refractivity contribution is -0.143. The van der Waals surface area contributed by atoms with E-state index in [1.54, 1.807) is 19.1 Å². The average Bonchev–Trinajstić information content (AvgIpc) is 3.00. The van der Waals surface area contributed by atoms with Crippen LogP contribution in [0.4, 0.5) is 0 Å². The number of aliphatic hydroxyl groups excluding tert-OH is 1. The van der Waals surface area contributed by atoms with E-state index in [1.165, 1.54) is 11.2 Å². The van der Waals surface area contributed by atoms with Crippen LogP contribution in [0.25, 0.3) is 0 Å². The van der Waals surface area contributed by atoms with Crippen LogP contribution in [0.2, 0.25) is 0 Å². The number of carbonyl (C=O) groups is 2. The third-order valence-electron chi connectivity index (χ3n) is 2.65. The minimum absolute atomic E-state index is 0.0744. The number of carbonyl (C=O) groups excluding carboxylic acids is 2. The topological polar surface area (TPSA) is 89.2 Å². The summed E-state index contributed by atoms with van der Waals surface area (Å²) in [5.74, 6) is -0.455. The van der Waals surface area contributed by atoms with Gasteiger partial charge in [-0.15, -0.1) is 0 Å². The molecule has 21 heavy (non-hydrogen) atoms. The molecule has 1 aromatic rings. The first-order valence-corrected chi connectivity index (χ1v) is 6.86. The lowest BCUT2D eigenvalue weighted by Crippen LogP contribution is -2.36. The van der Waals surface area contributed by atoms with Gasteiger partial charge in [-0.2, -0.15) is 0 Å². The summed E-state index contributed by atoms with van der Waals surface area (Å²) in [6.45, 7) is 2.97. The molecule has 0 spiro atoms. The van der Waals surface area contributed by atoms with Gasteiger partial charge in [0.2, 0.25) is 0 Å². The van der Waals surface area contributed by atoms with Crippen molar-refractivity contribution in [2.75, 3.05) is 39.5 Å². The van der Waals surface area contributed by atoms with Crippen molar-refractivity contribution >= 4 is 11.9 Å².